The highest BCUT2D eigenvalue weighted by molar-refractivity contribution is 6.12. The van der Waals surface area contributed by atoms with Gasteiger partial charge in [0.1, 0.15) is 0 Å². The van der Waals surface area contributed by atoms with Crippen LogP contribution in [-0.4, -0.2) is 29.5 Å². The Bertz CT molecular complexity index is 322. The van der Waals surface area contributed by atoms with Gasteiger partial charge in [-0.25, -0.2) is 0 Å². The molecule has 0 aromatic heterocycles. The predicted molar refractivity (Wildman–Crippen MR) is 57.0 cm³/mol. The number of amides is 2. The first kappa shape index (κ1) is 11.0. The molecule has 1 aliphatic carbocycles. The summed E-state index contributed by atoms with van der Waals surface area (Å²) in [6, 6.07) is 0. The quantitative estimate of drug-likeness (QED) is 0.662. The van der Waals surface area contributed by atoms with Crippen LogP contribution in [0.5, 0.6) is 0 Å². The maximum absolute atomic E-state index is 11.3. The number of hydrogen-bond donors (Lipinski definition) is 0. The van der Waals surface area contributed by atoms with E-state index in [-0.39, 0.29) is 17.7 Å². The second kappa shape index (κ2) is 4.60. The van der Waals surface area contributed by atoms with Crippen LogP contribution in [-0.2, 0) is 14.4 Å². The molecule has 2 aliphatic rings. The van der Waals surface area contributed by atoms with E-state index in [9.17, 15) is 14.4 Å². The van der Waals surface area contributed by atoms with Gasteiger partial charge in [-0.05, 0) is 31.6 Å². The molecule has 2 amide bonds. The Morgan fingerprint density at radius 2 is 1.69 bits per heavy atom. The Kier molecular flexibility index (Phi) is 3.17. The van der Waals surface area contributed by atoms with Crippen molar-refractivity contribution in [3.8, 4) is 0 Å². The van der Waals surface area contributed by atoms with Gasteiger partial charge in [0.05, 0.1) is 0 Å². The van der Waals surface area contributed by atoms with Gasteiger partial charge in [0.2, 0.25) is 6.29 Å². The third kappa shape index (κ3) is 2.21. The van der Waals surface area contributed by atoms with E-state index in [0.717, 1.165) is 25.7 Å². The van der Waals surface area contributed by atoms with Gasteiger partial charge in [-0.1, -0.05) is 0 Å². The van der Waals surface area contributed by atoms with Crippen molar-refractivity contribution in [3.63, 3.8) is 0 Å². The minimum Gasteiger partial charge on any atom is -0.291 e. The van der Waals surface area contributed by atoms with Crippen molar-refractivity contribution in [3.05, 3.63) is 12.2 Å². The average Bonchev–Trinajstić information content (AvgIpc) is 2.62. The lowest BCUT2D eigenvalue weighted by atomic mass is 9.82. The minimum atomic E-state index is -0.214. The van der Waals surface area contributed by atoms with Gasteiger partial charge in [0.25, 0.3) is 11.8 Å². The van der Waals surface area contributed by atoms with E-state index in [2.05, 4.69) is 0 Å². The monoisotopic (exact) mass is 220 g/mol. The zero-order chi connectivity index (χ0) is 11.5. The van der Waals surface area contributed by atoms with Gasteiger partial charge in [-0.15, -0.1) is 0 Å². The third-order valence-electron chi connectivity index (χ3n) is 3.35. The molecule has 4 heteroatoms. The Hall–Kier alpha value is -1.45. The first-order chi connectivity index (χ1) is 7.70. The topological polar surface area (TPSA) is 54.5 Å². The molecule has 0 atom stereocenters. The van der Waals surface area contributed by atoms with E-state index < -0.39 is 0 Å². The standard InChI is InChI=1S/C12H14NO3/c14-8-10-3-1-9(2-4-10)7-13-11(15)5-6-12(13)16/h5-6,9-10H,1-4,7H2. The summed E-state index contributed by atoms with van der Waals surface area (Å²) in [7, 11) is 0. The first-order valence-electron chi connectivity index (χ1n) is 5.62. The van der Waals surface area contributed by atoms with Crippen LogP contribution in [0.15, 0.2) is 12.2 Å². The molecular formula is C12H14NO3. The van der Waals surface area contributed by atoms with Crippen molar-refractivity contribution >= 4 is 18.1 Å². The molecule has 16 heavy (non-hydrogen) atoms. The van der Waals surface area contributed by atoms with E-state index in [1.807, 2.05) is 6.29 Å². The summed E-state index contributed by atoms with van der Waals surface area (Å²) in [6.45, 7) is 0.496. The molecule has 1 radical (unpaired) electrons. The maximum atomic E-state index is 11.3. The SMILES string of the molecule is O=[C]C1CCC(CN2C(=O)C=CC2=O)CC1. The smallest absolute Gasteiger partial charge is 0.253 e. The number of imide groups is 1. The zero-order valence-electron chi connectivity index (χ0n) is 9.02. The second-order valence-corrected chi connectivity index (χ2v) is 4.46. The van der Waals surface area contributed by atoms with Crippen LogP contribution in [0, 0.1) is 11.8 Å². The predicted octanol–water partition coefficient (Wildman–Crippen LogP) is 0.827. The molecule has 1 fully saturated rings. The van der Waals surface area contributed by atoms with Gasteiger partial charge in [0, 0.05) is 24.6 Å². The summed E-state index contributed by atoms with van der Waals surface area (Å²) in [5.74, 6) is -0.0279. The molecule has 1 saturated carbocycles. The van der Waals surface area contributed by atoms with E-state index in [0.29, 0.717) is 12.5 Å². The molecule has 0 spiro atoms. The minimum absolute atomic E-state index is 0.0550. The first-order valence-corrected chi connectivity index (χ1v) is 5.62. The largest absolute Gasteiger partial charge is 0.291 e. The molecule has 1 aliphatic heterocycles. The Morgan fingerprint density at radius 1 is 1.12 bits per heavy atom. The Balaban J connectivity index is 1.85. The van der Waals surface area contributed by atoms with Crippen LogP contribution in [0.25, 0.3) is 0 Å². The summed E-state index contributed by atoms with van der Waals surface area (Å²) in [5, 5.41) is 0. The number of rotatable bonds is 3. The molecule has 0 bridgehead atoms. The van der Waals surface area contributed by atoms with Crippen molar-refractivity contribution < 1.29 is 14.4 Å². The Labute approximate surface area is 94.3 Å². The van der Waals surface area contributed by atoms with Crippen LogP contribution >= 0.6 is 0 Å². The molecule has 0 aromatic carbocycles. The molecular weight excluding hydrogens is 206 g/mol. The number of carbonyl (C=O) groups excluding carboxylic acids is 3. The average molecular weight is 220 g/mol. The van der Waals surface area contributed by atoms with Crippen molar-refractivity contribution in [1.82, 2.24) is 4.90 Å². The highest BCUT2D eigenvalue weighted by Gasteiger charge is 2.29. The summed E-state index contributed by atoms with van der Waals surface area (Å²) < 4.78 is 0. The summed E-state index contributed by atoms with van der Waals surface area (Å²) in [4.78, 5) is 34.4. The van der Waals surface area contributed by atoms with Gasteiger partial charge in [0.15, 0.2) is 0 Å². The van der Waals surface area contributed by atoms with Crippen LogP contribution in [0.3, 0.4) is 0 Å². The van der Waals surface area contributed by atoms with Gasteiger partial charge in [-0.3, -0.25) is 19.3 Å². The highest BCUT2D eigenvalue weighted by atomic mass is 16.2. The lowest BCUT2D eigenvalue weighted by Crippen LogP contribution is -2.36. The molecule has 0 N–H and O–H groups in total. The van der Waals surface area contributed by atoms with Gasteiger partial charge < -0.3 is 0 Å². The fourth-order valence-corrected chi connectivity index (χ4v) is 2.33. The van der Waals surface area contributed by atoms with Crippen LogP contribution < -0.4 is 0 Å². The van der Waals surface area contributed by atoms with Crippen molar-refractivity contribution in [2.75, 3.05) is 6.54 Å². The maximum Gasteiger partial charge on any atom is 0.253 e. The molecule has 0 unspecified atom stereocenters. The van der Waals surface area contributed by atoms with E-state index in [1.165, 1.54) is 17.1 Å². The molecule has 2 rings (SSSR count). The van der Waals surface area contributed by atoms with E-state index >= 15 is 0 Å². The summed E-state index contributed by atoms with van der Waals surface area (Å²) in [5.41, 5.74) is 0. The number of carbonyl (C=O) groups is 2. The molecule has 0 saturated heterocycles. The van der Waals surface area contributed by atoms with Crippen LogP contribution in [0.2, 0.25) is 0 Å². The second-order valence-electron chi connectivity index (χ2n) is 4.46. The number of nitrogens with zero attached hydrogens (tertiary/aromatic N) is 1. The van der Waals surface area contributed by atoms with E-state index in [1.54, 1.807) is 0 Å². The Morgan fingerprint density at radius 3 is 2.19 bits per heavy atom. The fourth-order valence-electron chi connectivity index (χ4n) is 2.33. The van der Waals surface area contributed by atoms with Gasteiger partial charge in [-0.2, -0.15) is 0 Å². The van der Waals surface area contributed by atoms with Crippen LogP contribution in [0.4, 0.5) is 0 Å². The van der Waals surface area contributed by atoms with Crippen molar-refractivity contribution in [2.45, 2.75) is 25.7 Å². The van der Waals surface area contributed by atoms with Gasteiger partial charge >= 0.3 is 0 Å². The molecule has 1 heterocycles. The lowest BCUT2D eigenvalue weighted by molar-refractivity contribution is -0.137. The molecule has 85 valence electrons. The number of hydrogen-bond acceptors (Lipinski definition) is 3. The normalized spacial score (nSPS) is 29.9. The van der Waals surface area contributed by atoms with E-state index in [4.69, 9.17) is 0 Å². The summed E-state index contributed by atoms with van der Waals surface area (Å²) >= 11 is 0. The molecule has 0 aromatic rings. The van der Waals surface area contributed by atoms with Crippen molar-refractivity contribution in [1.29, 1.82) is 0 Å². The van der Waals surface area contributed by atoms with Crippen LogP contribution in [0.1, 0.15) is 25.7 Å². The third-order valence-corrected chi connectivity index (χ3v) is 3.35. The lowest BCUT2D eigenvalue weighted by Gasteiger charge is -2.27. The molecule has 4 nitrogen and oxygen atoms in total. The van der Waals surface area contributed by atoms with Crippen molar-refractivity contribution in [2.24, 2.45) is 11.8 Å². The highest BCUT2D eigenvalue weighted by Crippen LogP contribution is 2.28. The summed E-state index contributed by atoms with van der Waals surface area (Å²) in [6.07, 6.45) is 8.11. The fraction of sp³-hybridized carbons (Fsp3) is 0.583. The zero-order valence-corrected chi connectivity index (χ0v) is 9.02.